The van der Waals surface area contributed by atoms with Crippen molar-refractivity contribution in [3.63, 3.8) is 0 Å². The van der Waals surface area contributed by atoms with Gasteiger partial charge in [0.1, 0.15) is 5.76 Å². The number of carboxylic acid groups (broad SMARTS) is 1. The first-order valence-corrected chi connectivity index (χ1v) is 8.75. The minimum absolute atomic E-state index is 0.0119. The molecular weight excluding hydrogens is 326 g/mol. The van der Waals surface area contributed by atoms with Gasteiger partial charge in [-0.25, -0.2) is 4.79 Å². The van der Waals surface area contributed by atoms with Gasteiger partial charge in [0.25, 0.3) is 0 Å². The number of carboxylic acids is 1. The number of furan rings is 1. The fourth-order valence-electron chi connectivity index (χ4n) is 2.95. The molecule has 2 N–H and O–H groups in total. The smallest absolute Gasteiger partial charge is 0.371 e. The number of benzene rings is 1. The van der Waals surface area contributed by atoms with Gasteiger partial charge in [0.15, 0.2) is 0 Å². The van der Waals surface area contributed by atoms with Crippen LogP contribution in [0.1, 0.15) is 42.0 Å². The Labute approximate surface area is 144 Å². The zero-order chi connectivity index (χ0) is 17.0. The van der Waals surface area contributed by atoms with Gasteiger partial charge in [0.05, 0.1) is 11.3 Å². The van der Waals surface area contributed by atoms with Crippen molar-refractivity contribution in [3.05, 3.63) is 54.0 Å². The van der Waals surface area contributed by atoms with Crippen LogP contribution in [0.25, 0.3) is 0 Å². The van der Waals surface area contributed by atoms with Crippen molar-refractivity contribution in [2.75, 3.05) is 0 Å². The van der Waals surface area contributed by atoms with Gasteiger partial charge >= 0.3 is 5.97 Å². The standard InChI is InChI=1S/C18H19NO4S/c20-16(21)15-9-8-13(23-15)12-19-17(22)18(10-4-5-11-18)24-14-6-2-1-3-7-14/h1-3,6-9H,4-5,10-12H2,(H,19,22)(H,20,21). The fraction of sp³-hybridized carbons (Fsp3) is 0.333. The van der Waals surface area contributed by atoms with Crippen molar-refractivity contribution in [2.24, 2.45) is 0 Å². The third-order valence-corrected chi connectivity index (χ3v) is 5.67. The summed E-state index contributed by atoms with van der Waals surface area (Å²) in [7, 11) is 0. The Morgan fingerprint density at radius 3 is 2.46 bits per heavy atom. The first-order valence-electron chi connectivity index (χ1n) is 7.93. The largest absolute Gasteiger partial charge is 0.475 e. The molecule has 3 rings (SSSR count). The highest BCUT2D eigenvalue weighted by atomic mass is 32.2. The molecule has 0 spiro atoms. The molecule has 0 saturated heterocycles. The maximum absolute atomic E-state index is 12.8. The van der Waals surface area contributed by atoms with Gasteiger partial charge < -0.3 is 14.8 Å². The van der Waals surface area contributed by atoms with Gasteiger partial charge in [0, 0.05) is 4.90 Å². The highest BCUT2D eigenvalue weighted by Gasteiger charge is 2.42. The van der Waals surface area contributed by atoms with Gasteiger partial charge in [0.2, 0.25) is 11.7 Å². The van der Waals surface area contributed by atoms with E-state index in [0.29, 0.717) is 5.76 Å². The third kappa shape index (κ3) is 3.64. The average molecular weight is 345 g/mol. The number of thioether (sulfide) groups is 1. The highest BCUT2D eigenvalue weighted by Crippen LogP contribution is 2.45. The number of hydrogen-bond donors (Lipinski definition) is 2. The first kappa shape index (κ1) is 16.6. The number of nitrogens with one attached hydrogen (secondary N) is 1. The molecule has 24 heavy (non-hydrogen) atoms. The quantitative estimate of drug-likeness (QED) is 0.834. The molecule has 126 valence electrons. The second-order valence-electron chi connectivity index (χ2n) is 5.87. The normalized spacial score (nSPS) is 16.0. The van der Waals surface area contributed by atoms with E-state index >= 15 is 0 Å². The summed E-state index contributed by atoms with van der Waals surface area (Å²) < 4.78 is 4.73. The zero-order valence-electron chi connectivity index (χ0n) is 13.2. The van der Waals surface area contributed by atoms with Crippen LogP contribution in [0.4, 0.5) is 0 Å². The molecule has 1 amide bonds. The molecule has 0 atom stereocenters. The maximum Gasteiger partial charge on any atom is 0.371 e. The summed E-state index contributed by atoms with van der Waals surface area (Å²) in [6.07, 6.45) is 3.77. The molecule has 0 aliphatic heterocycles. The molecule has 0 bridgehead atoms. The minimum Gasteiger partial charge on any atom is -0.475 e. The Morgan fingerprint density at radius 2 is 1.83 bits per heavy atom. The lowest BCUT2D eigenvalue weighted by Crippen LogP contribution is -2.41. The summed E-state index contributed by atoms with van der Waals surface area (Å²) in [6.45, 7) is 0.198. The molecule has 0 unspecified atom stereocenters. The van der Waals surface area contributed by atoms with Crippen LogP contribution in [-0.4, -0.2) is 21.7 Å². The number of rotatable bonds is 6. The Hall–Kier alpha value is -2.21. The molecule has 2 aromatic rings. The Kier molecular flexibility index (Phi) is 4.94. The molecule has 1 heterocycles. The van der Waals surface area contributed by atoms with Crippen LogP contribution in [0.15, 0.2) is 51.8 Å². The van der Waals surface area contributed by atoms with Crippen molar-refractivity contribution in [1.82, 2.24) is 5.32 Å². The van der Waals surface area contributed by atoms with E-state index in [0.717, 1.165) is 30.6 Å². The van der Waals surface area contributed by atoms with E-state index in [1.807, 2.05) is 30.3 Å². The Balaban J connectivity index is 1.67. The van der Waals surface area contributed by atoms with Crippen LogP contribution in [0.3, 0.4) is 0 Å². The minimum atomic E-state index is -1.11. The van der Waals surface area contributed by atoms with Crippen molar-refractivity contribution in [2.45, 2.75) is 41.9 Å². The maximum atomic E-state index is 12.8. The SMILES string of the molecule is O=C(O)c1ccc(CNC(=O)C2(Sc3ccccc3)CCCC2)o1. The number of hydrogen-bond acceptors (Lipinski definition) is 4. The lowest BCUT2D eigenvalue weighted by molar-refractivity contribution is -0.123. The number of carbonyl (C=O) groups excluding carboxylic acids is 1. The first-order chi connectivity index (χ1) is 11.6. The summed E-state index contributed by atoms with van der Waals surface area (Å²) in [5.74, 6) is -0.798. The highest BCUT2D eigenvalue weighted by molar-refractivity contribution is 8.01. The van der Waals surface area contributed by atoms with Crippen molar-refractivity contribution in [3.8, 4) is 0 Å². The zero-order valence-corrected chi connectivity index (χ0v) is 14.0. The second-order valence-corrected chi connectivity index (χ2v) is 7.33. The van der Waals surface area contributed by atoms with E-state index in [1.165, 1.54) is 6.07 Å². The molecule has 1 aliphatic rings. The summed E-state index contributed by atoms with van der Waals surface area (Å²) in [6, 6.07) is 12.9. The van der Waals surface area contributed by atoms with Crippen LogP contribution < -0.4 is 5.32 Å². The molecule has 1 aromatic heterocycles. The van der Waals surface area contributed by atoms with Gasteiger partial charge in [-0.1, -0.05) is 31.0 Å². The predicted octanol–water partition coefficient (Wildman–Crippen LogP) is 3.70. The van der Waals surface area contributed by atoms with E-state index < -0.39 is 10.7 Å². The lowest BCUT2D eigenvalue weighted by Gasteiger charge is -2.27. The van der Waals surface area contributed by atoms with Crippen molar-refractivity contribution in [1.29, 1.82) is 0 Å². The van der Waals surface area contributed by atoms with Crippen molar-refractivity contribution >= 4 is 23.6 Å². The van der Waals surface area contributed by atoms with Crippen molar-refractivity contribution < 1.29 is 19.1 Å². The second kappa shape index (κ2) is 7.13. The van der Waals surface area contributed by atoms with E-state index in [-0.39, 0.29) is 18.2 Å². The summed E-state index contributed by atoms with van der Waals surface area (Å²) in [4.78, 5) is 24.7. The summed E-state index contributed by atoms with van der Waals surface area (Å²) in [5, 5.41) is 11.8. The van der Waals surface area contributed by atoms with Gasteiger partial charge in [-0.15, -0.1) is 11.8 Å². The van der Waals surface area contributed by atoms with E-state index in [1.54, 1.807) is 17.8 Å². The average Bonchev–Trinajstić information content (AvgIpc) is 3.23. The fourth-order valence-corrected chi connectivity index (χ4v) is 4.35. The monoisotopic (exact) mass is 345 g/mol. The summed E-state index contributed by atoms with van der Waals surface area (Å²) >= 11 is 1.62. The third-order valence-electron chi connectivity index (χ3n) is 4.18. The van der Waals surface area contributed by atoms with Crippen LogP contribution in [0.2, 0.25) is 0 Å². The Morgan fingerprint density at radius 1 is 1.12 bits per heavy atom. The number of carbonyl (C=O) groups is 2. The topological polar surface area (TPSA) is 79.5 Å². The lowest BCUT2D eigenvalue weighted by atomic mass is 10.1. The Bertz CT molecular complexity index is 720. The van der Waals surface area contributed by atoms with Crippen LogP contribution in [-0.2, 0) is 11.3 Å². The molecule has 6 heteroatoms. The number of amides is 1. The van der Waals surface area contributed by atoms with Gasteiger partial charge in [-0.05, 0) is 37.1 Å². The molecular formula is C18H19NO4S. The van der Waals surface area contributed by atoms with E-state index in [9.17, 15) is 9.59 Å². The van der Waals surface area contributed by atoms with Gasteiger partial charge in [-0.2, -0.15) is 0 Å². The predicted molar refractivity (Wildman–Crippen MR) is 91.0 cm³/mol. The van der Waals surface area contributed by atoms with Gasteiger partial charge in [-0.3, -0.25) is 4.79 Å². The number of aromatic carboxylic acids is 1. The molecule has 1 aromatic carbocycles. The molecule has 1 saturated carbocycles. The van der Waals surface area contributed by atoms with Crippen LogP contribution >= 0.6 is 11.8 Å². The molecule has 0 radical (unpaired) electrons. The van der Waals surface area contributed by atoms with Crippen LogP contribution in [0, 0.1) is 0 Å². The molecule has 1 aliphatic carbocycles. The van der Waals surface area contributed by atoms with Crippen LogP contribution in [0.5, 0.6) is 0 Å². The van der Waals surface area contributed by atoms with E-state index in [2.05, 4.69) is 5.32 Å². The van der Waals surface area contributed by atoms with E-state index in [4.69, 9.17) is 9.52 Å². The molecule has 5 nitrogen and oxygen atoms in total. The molecule has 1 fully saturated rings. The summed E-state index contributed by atoms with van der Waals surface area (Å²) in [5.41, 5.74) is 0.